The number of hydrogen-bond acceptors (Lipinski definition) is 3. The highest BCUT2D eigenvalue weighted by Crippen LogP contribution is 2.17. The number of aryl methyl sites for hydroxylation is 2. The summed E-state index contributed by atoms with van der Waals surface area (Å²) in [6, 6.07) is 5.34. The molecule has 21 heavy (non-hydrogen) atoms. The predicted molar refractivity (Wildman–Crippen MR) is 80.7 cm³/mol. The van der Waals surface area contributed by atoms with Gasteiger partial charge < -0.3 is 4.57 Å². The lowest BCUT2D eigenvalue weighted by Gasteiger charge is -2.07. The Bertz CT molecular complexity index is 676. The van der Waals surface area contributed by atoms with Crippen molar-refractivity contribution in [3.8, 4) is 0 Å². The van der Waals surface area contributed by atoms with E-state index in [0.29, 0.717) is 12.0 Å². The van der Waals surface area contributed by atoms with Crippen molar-refractivity contribution in [2.24, 2.45) is 0 Å². The molecule has 2 aromatic rings. The highest BCUT2D eigenvalue weighted by Gasteiger charge is 2.11. The molecular weight excluding hydrogens is 268 g/mol. The Balaban J connectivity index is 2.15. The van der Waals surface area contributed by atoms with E-state index < -0.39 is 0 Å². The molecule has 2 N–H and O–H groups in total. The quantitative estimate of drug-likeness (QED) is 0.844. The standard InChI is InChI=1S/C15H20N4O2/c1-4-6-14(20)17-18-15(21)11-7-8-13-12(9-11)16-10(3)19(13)5-2/h7-9H,4-6H2,1-3H3,(H,17,20)(H,18,21). The number of benzene rings is 1. The summed E-state index contributed by atoms with van der Waals surface area (Å²) >= 11 is 0. The molecule has 2 amide bonds. The molecule has 0 saturated carbocycles. The lowest BCUT2D eigenvalue weighted by molar-refractivity contribution is -0.121. The van der Waals surface area contributed by atoms with Crippen molar-refractivity contribution in [1.29, 1.82) is 0 Å². The first-order valence-electron chi connectivity index (χ1n) is 7.12. The maximum Gasteiger partial charge on any atom is 0.269 e. The molecule has 0 spiro atoms. The summed E-state index contributed by atoms with van der Waals surface area (Å²) in [6.45, 7) is 6.73. The number of fused-ring (bicyclic) bond motifs is 1. The number of imidazole rings is 1. The van der Waals surface area contributed by atoms with Gasteiger partial charge in [-0.05, 0) is 38.5 Å². The first-order chi connectivity index (χ1) is 10.1. The van der Waals surface area contributed by atoms with E-state index in [1.807, 2.05) is 19.9 Å². The second-order valence-corrected chi connectivity index (χ2v) is 4.86. The van der Waals surface area contributed by atoms with Gasteiger partial charge in [0, 0.05) is 18.5 Å². The maximum atomic E-state index is 12.0. The molecule has 0 aliphatic rings. The number of amides is 2. The molecule has 1 aromatic heterocycles. The summed E-state index contributed by atoms with van der Waals surface area (Å²) in [4.78, 5) is 27.8. The summed E-state index contributed by atoms with van der Waals surface area (Å²) < 4.78 is 2.08. The van der Waals surface area contributed by atoms with Crippen LogP contribution in [0.25, 0.3) is 11.0 Å². The van der Waals surface area contributed by atoms with Gasteiger partial charge in [0.2, 0.25) is 5.91 Å². The minimum Gasteiger partial charge on any atom is -0.329 e. The largest absolute Gasteiger partial charge is 0.329 e. The van der Waals surface area contributed by atoms with Crippen LogP contribution < -0.4 is 10.9 Å². The first-order valence-corrected chi connectivity index (χ1v) is 7.12. The van der Waals surface area contributed by atoms with Gasteiger partial charge in [-0.25, -0.2) is 4.98 Å². The zero-order chi connectivity index (χ0) is 15.4. The van der Waals surface area contributed by atoms with E-state index in [1.165, 1.54) is 0 Å². The molecule has 0 atom stereocenters. The van der Waals surface area contributed by atoms with Crippen LogP contribution in [-0.4, -0.2) is 21.4 Å². The van der Waals surface area contributed by atoms with Gasteiger partial charge in [0.1, 0.15) is 5.82 Å². The third kappa shape index (κ3) is 3.21. The summed E-state index contributed by atoms with van der Waals surface area (Å²) in [5.41, 5.74) is 7.06. The lowest BCUT2D eigenvalue weighted by Crippen LogP contribution is -2.41. The smallest absolute Gasteiger partial charge is 0.269 e. The molecule has 0 unspecified atom stereocenters. The number of hydrazine groups is 1. The van der Waals surface area contributed by atoms with E-state index in [1.54, 1.807) is 12.1 Å². The number of nitrogens with zero attached hydrogens (tertiary/aromatic N) is 2. The second kappa shape index (κ2) is 6.39. The molecule has 112 valence electrons. The number of hydrogen-bond donors (Lipinski definition) is 2. The van der Waals surface area contributed by atoms with Crippen LogP contribution >= 0.6 is 0 Å². The summed E-state index contributed by atoms with van der Waals surface area (Å²) in [5.74, 6) is 0.379. The van der Waals surface area contributed by atoms with E-state index in [2.05, 4.69) is 27.3 Å². The van der Waals surface area contributed by atoms with Crippen LogP contribution in [0.3, 0.4) is 0 Å². The summed E-state index contributed by atoms with van der Waals surface area (Å²) in [5, 5.41) is 0. The lowest BCUT2D eigenvalue weighted by atomic mass is 10.2. The molecule has 0 aliphatic heterocycles. The molecule has 0 bridgehead atoms. The molecule has 0 fully saturated rings. The van der Waals surface area contributed by atoms with Gasteiger partial charge in [0.05, 0.1) is 11.0 Å². The number of carbonyl (C=O) groups is 2. The monoisotopic (exact) mass is 288 g/mol. The van der Waals surface area contributed by atoms with Crippen LogP contribution in [0.15, 0.2) is 18.2 Å². The maximum absolute atomic E-state index is 12.0. The predicted octanol–water partition coefficient (Wildman–Crippen LogP) is 1.93. The van der Waals surface area contributed by atoms with E-state index >= 15 is 0 Å². The summed E-state index contributed by atoms with van der Waals surface area (Å²) in [6.07, 6.45) is 1.13. The van der Waals surface area contributed by atoms with Crippen molar-refractivity contribution in [1.82, 2.24) is 20.4 Å². The van der Waals surface area contributed by atoms with Gasteiger partial charge in [-0.15, -0.1) is 0 Å². The zero-order valence-corrected chi connectivity index (χ0v) is 12.6. The van der Waals surface area contributed by atoms with Crippen molar-refractivity contribution in [3.63, 3.8) is 0 Å². The number of nitrogens with one attached hydrogen (secondary N) is 2. The number of aromatic nitrogens is 2. The Morgan fingerprint density at radius 1 is 1.24 bits per heavy atom. The minimum atomic E-state index is -0.343. The van der Waals surface area contributed by atoms with Gasteiger partial charge in [0.15, 0.2) is 0 Å². The summed E-state index contributed by atoms with van der Waals surface area (Å²) in [7, 11) is 0. The number of rotatable bonds is 4. The topological polar surface area (TPSA) is 76.0 Å². The molecule has 0 radical (unpaired) electrons. The van der Waals surface area contributed by atoms with Crippen LogP contribution in [0.4, 0.5) is 0 Å². The van der Waals surface area contributed by atoms with Gasteiger partial charge >= 0.3 is 0 Å². The Hall–Kier alpha value is -2.37. The fourth-order valence-corrected chi connectivity index (χ4v) is 2.28. The number of carbonyl (C=O) groups excluding carboxylic acids is 2. The SMILES string of the molecule is CCCC(=O)NNC(=O)c1ccc2c(c1)nc(C)n2CC. The van der Waals surface area contributed by atoms with Crippen LogP contribution in [-0.2, 0) is 11.3 Å². The first kappa shape index (κ1) is 15.0. The third-order valence-corrected chi connectivity index (χ3v) is 3.31. The molecule has 0 saturated heterocycles. The molecule has 6 heteroatoms. The molecule has 0 aliphatic carbocycles. The molecule has 2 rings (SSSR count). The van der Waals surface area contributed by atoms with Gasteiger partial charge in [-0.2, -0.15) is 0 Å². The molecule has 1 aromatic carbocycles. The Morgan fingerprint density at radius 2 is 2.00 bits per heavy atom. The molecule has 6 nitrogen and oxygen atoms in total. The fraction of sp³-hybridized carbons (Fsp3) is 0.400. The molecular formula is C15H20N4O2. The second-order valence-electron chi connectivity index (χ2n) is 4.86. The molecule has 1 heterocycles. The van der Waals surface area contributed by atoms with Crippen LogP contribution in [0.1, 0.15) is 42.9 Å². The van der Waals surface area contributed by atoms with Crippen LogP contribution in [0.5, 0.6) is 0 Å². The van der Waals surface area contributed by atoms with Gasteiger partial charge in [-0.1, -0.05) is 6.92 Å². The Morgan fingerprint density at radius 3 is 2.67 bits per heavy atom. The van der Waals surface area contributed by atoms with E-state index in [-0.39, 0.29) is 11.8 Å². The van der Waals surface area contributed by atoms with Crippen molar-refractivity contribution in [2.45, 2.75) is 40.2 Å². The van der Waals surface area contributed by atoms with Crippen molar-refractivity contribution < 1.29 is 9.59 Å². The van der Waals surface area contributed by atoms with E-state index in [4.69, 9.17) is 0 Å². The normalized spacial score (nSPS) is 10.6. The van der Waals surface area contributed by atoms with Gasteiger partial charge in [-0.3, -0.25) is 20.4 Å². The average Bonchev–Trinajstić information content (AvgIpc) is 2.79. The van der Waals surface area contributed by atoms with Crippen LogP contribution in [0, 0.1) is 6.92 Å². The van der Waals surface area contributed by atoms with Gasteiger partial charge in [0.25, 0.3) is 5.91 Å². The van der Waals surface area contributed by atoms with E-state index in [0.717, 1.165) is 29.8 Å². The fourth-order valence-electron chi connectivity index (χ4n) is 2.28. The highest BCUT2D eigenvalue weighted by atomic mass is 16.2. The Labute approximate surface area is 123 Å². The van der Waals surface area contributed by atoms with Crippen molar-refractivity contribution in [3.05, 3.63) is 29.6 Å². The minimum absolute atomic E-state index is 0.196. The van der Waals surface area contributed by atoms with Crippen LogP contribution in [0.2, 0.25) is 0 Å². The average molecular weight is 288 g/mol. The van der Waals surface area contributed by atoms with Crippen molar-refractivity contribution in [2.75, 3.05) is 0 Å². The third-order valence-electron chi connectivity index (χ3n) is 3.31. The highest BCUT2D eigenvalue weighted by molar-refractivity contribution is 5.98. The van der Waals surface area contributed by atoms with E-state index in [9.17, 15) is 9.59 Å². The van der Waals surface area contributed by atoms with Crippen molar-refractivity contribution >= 4 is 22.8 Å². The zero-order valence-electron chi connectivity index (χ0n) is 12.6. The Kier molecular flexibility index (Phi) is 4.57.